The standard InChI is InChI=1S/C22H24N4O2S2/c27-20-15-19(23-22-26(20)13-14-30-22)16-29-17-21(28)25-11-9-24(10-12-25)8-4-7-18-5-2-1-3-6-18/h1-7,13-15H,8-12,16-17H2/b7-4+. The highest BCUT2D eigenvalue weighted by molar-refractivity contribution is 7.99. The number of carbonyl (C=O) groups excluding carboxylic acids is 1. The third kappa shape index (κ3) is 5.38. The Morgan fingerprint density at radius 2 is 1.97 bits per heavy atom. The van der Waals surface area contributed by atoms with Crippen LogP contribution in [0.3, 0.4) is 0 Å². The fourth-order valence-corrected chi connectivity index (χ4v) is 4.93. The van der Waals surface area contributed by atoms with Crippen molar-refractivity contribution in [3.8, 4) is 0 Å². The zero-order valence-corrected chi connectivity index (χ0v) is 18.3. The lowest BCUT2D eigenvalue weighted by Gasteiger charge is -2.34. The monoisotopic (exact) mass is 440 g/mol. The van der Waals surface area contributed by atoms with Gasteiger partial charge >= 0.3 is 0 Å². The summed E-state index contributed by atoms with van der Waals surface area (Å²) < 4.78 is 1.54. The lowest BCUT2D eigenvalue weighted by molar-refractivity contribution is -0.129. The molecular formula is C22H24N4O2S2. The average molecular weight is 441 g/mol. The second-order valence-corrected chi connectivity index (χ2v) is 8.99. The van der Waals surface area contributed by atoms with Crippen molar-refractivity contribution in [2.75, 3.05) is 38.5 Å². The Hall–Kier alpha value is -2.42. The smallest absolute Gasteiger partial charge is 0.258 e. The van der Waals surface area contributed by atoms with Gasteiger partial charge in [-0.3, -0.25) is 18.9 Å². The fraction of sp³-hybridized carbons (Fsp3) is 0.318. The molecule has 1 amide bonds. The molecule has 6 nitrogen and oxygen atoms in total. The van der Waals surface area contributed by atoms with Gasteiger partial charge in [-0.15, -0.1) is 23.1 Å². The van der Waals surface area contributed by atoms with E-state index in [9.17, 15) is 9.59 Å². The van der Waals surface area contributed by atoms with Crippen molar-refractivity contribution in [1.29, 1.82) is 0 Å². The maximum absolute atomic E-state index is 12.5. The van der Waals surface area contributed by atoms with Crippen molar-refractivity contribution in [3.05, 3.63) is 75.7 Å². The Morgan fingerprint density at radius 3 is 2.77 bits per heavy atom. The van der Waals surface area contributed by atoms with Gasteiger partial charge in [0.1, 0.15) is 0 Å². The van der Waals surface area contributed by atoms with E-state index in [1.165, 1.54) is 28.7 Å². The molecule has 1 saturated heterocycles. The van der Waals surface area contributed by atoms with Crippen LogP contribution in [-0.2, 0) is 10.5 Å². The molecule has 3 aromatic rings. The van der Waals surface area contributed by atoms with E-state index in [4.69, 9.17) is 0 Å². The van der Waals surface area contributed by atoms with E-state index < -0.39 is 0 Å². The van der Waals surface area contributed by atoms with Gasteiger partial charge in [-0.25, -0.2) is 4.98 Å². The first-order valence-corrected chi connectivity index (χ1v) is 12.0. The topological polar surface area (TPSA) is 57.9 Å². The number of fused-ring (bicyclic) bond motifs is 1. The highest BCUT2D eigenvalue weighted by Gasteiger charge is 2.20. The van der Waals surface area contributed by atoms with Gasteiger partial charge in [-0.05, 0) is 5.56 Å². The van der Waals surface area contributed by atoms with Gasteiger partial charge in [0, 0.05) is 56.1 Å². The zero-order valence-electron chi connectivity index (χ0n) is 16.6. The summed E-state index contributed by atoms with van der Waals surface area (Å²) in [5, 5.41) is 1.85. The predicted molar refractivity (Wildman–Crippen MR) is 124 cm³/mol. The van der Waals surface area contributed by atoms with Crippen LogP contribution in [0.5, 0.6) is 0 Å². The Kier molecular flexibility index (Phi) is 6.99. The van der Waals surface area contributed by atoms with E-state index in [0.29, 0.717) is 16.5 Å². The van der Waals surface area contributed by atoms with E-state index in [1.54, 1.807) is 16.7 Å². The molecule has 0 aliphatic carbocycles. The molecule has 0 N–H and O–H groups in total. The van der Waals surface area contributed by atoms with Gasteiger partial charge in [-0.2, -0.15) is 0 Å². The van der Waals surface area contributed by atoms with Gasteiger partial charge in [0.15, 0.2) is 4.96 Å². The quantitative estimate of drug-likeness (QED) is 0.566. The largest absolute Gasteiger partial charge is 0.339 e. The molecule has 1 aliphatic rings. The first-order valence-electron chi connectivity index (χ1n) is 9.94. The first-order chi connectivity index (χ1) is 14.7. The maximum Gasteiger partial charge on any atom is 0.258 e. The third-order valence-corrected chi connectivity index (χ3v) is 6.74. The van der Waals surface area contributed by atoms with Crippen LogP contribution in [0.25, 0.3) is 11.0 Å². The number of thioether (sulfide) groups is 1. The fourth-order valence-electron chi connectivity index (χ4n) is 3.38. The molecule has 1 aromatic carbocycles. The second-order valence-electron chi connectivity index (χ2n) is 7.13. The molecule has 30 heavy (non-hydrogen) atoms. The van der Waals surface area contributed by atoms with Gasteiger partial charge in [0.25, 0.3) is 5.56 Å². The molecule has 2 aromatic heterocycles. The van der Waals surface area contributed by atoms with Crippen LogP contribution in [0.2, 0.25) is 0 Å². The molecule has 1 fully saturated rings. The summed E-state index contributed by atoms with van der Waals surface area (Å²) in [4.78, 5) is 34.0. The Bertz CT molecular complexity index is 1070. The summed E-state index contributed by atoms with van der Waals surface area (Å²) in [5.41, 5.74) is 1.87. The number of piperazine rings is 1. The van der Waals surface area contributed by atoms with Crippen molar-refractivity contribution < 1.29 is 4.79 Å². The van der Waals surface area contributed by atoms with Crippen LogP contribution >= 0.6 is 23.1 Å². The minimum Gasteiger partial charge on any atom is -0.339 e. The van der Waals surface area contributed by atoms with Gasteiger partial charge in [-0.1, -0.05) is 42.5 Å². The molecule has 0 atom stereocenters. The third-order valence-electron chi connectivity index (χ3n) is 5.03. The lowest BCUT2D eigenvalue weighted by atomic mass is 10.2. The van der Waals surface area contributed by atoms with Crippen LogP contribution in [0.1, 0.15) is 11.3 Å². The second kappa shape index (κ2) is 10.1. The van der Waals surface area contributed by atoms with E-state index in [-0.39, 0.29) is 11.5 Å². The molecule has 0 saturated carbocycles. The highest BCUT2D eigenvalue weighted by atomic mass is 32.2. The summed E-state index contributed by atoms with van der Waals surface area (Å²) in [6.07, 6.45) is 6.05. The number of aromatic nitrogens is 2. The number of hydrogen-bond acceptors (Lipinski definition) is 6. The number of amides is 1. The average Bonchev–Trinajstić information content (AvgIpc) is 3.24. The predicted octanol–water partition coefficient (Wildman–Crippen LogP) is 2.85. The molecule has 0 bridgehead atoms. The number of benzene rings is 1. The van der Waals surface area contributed by atoms with Crippen molar-refractivity contribution >= 4 is 40.0 Å². The van der Waals surface area contributed by atoms with Gasteiger partial charge in [0.2, 0.25) is 5.91 Å². The normalized spacial score (nSPS) is 15.3. The summed E-state index contributed by atoms with van der Waals surface area (Å²) in [6.45, 7) is 4.21. The first kappa shape index (κ1) is 20.8. The Labute approximate surface area is 183 Å². The van der Waals surface area contributed by atoms with Crippen molar-refractivity contribution in [2.24, 2.45) is 0 Å². The van der Waals surface area contributed by atoms with Crippen molar-refractivity contribution in [3.63, 3.8) is 0 Å². The van der Waals surface area contributed by atoms with E-state index in [2.05, 4.69) is 34.2 Å². The van der Waals surface area contributed by atoms with Crippen LogP contribution in [0.4, 0.5) is 0 Å². The summed E-state index contributed by atoms with van der Waals surface area (Å²) >= 11 is 2.96. The number of rotatable bonds is 7. The Morgan fingerprint density at radius 1 is 1.17 bits per heavy atom. The van der Waals surface area contributed by atoms with E-state index >= 15 is 0 Å². The number of thiazole rings is 1. The molecule has 0 spiro atoms. The molecule has 8 heteroatoms. The SMILES string of the molecule is O=C(CSCc1cc(=O)n2ccsc2n1)N1CCN(C/C=C/c2ccccc2)CC1. The van der Waals surface area contributed by atoms with Crippen LogP contribution in [0.15, 0.2) is 58.8 Å². The van der Waals surface area contributed by atoms with E-state index in [0.717, 1.165) is 38.4 Å². The number of hydrogen-bond donors (Lipinski definition) is 0. The molecule has 1 aliphatic heterocycles. The molecule has 156 valence electrons. The molecule has 0 radical (unpaired) electrons. The van der Waals surface area contributed by atoms with Crippen LogP contribution in [0, 0.1) is 0 Å². The van der Waals surface area contributed by atoms with Gasteiger partial charge in [0.05, 0.1) is 11.4 Å². The molecule has 4 rings (SSSR count). The highest BCUT2D eigenvalue weighted by Crippen LogP contribution is 2.14. The minimum atomic E-state index is -0.0689. The zero-order chi connectivity index (χ0) is 20.8. The molecule has 3 heterocycles. The van der Waals surface area contributed by atoms with E-state index in [1.807, 2.05) is 28.5 Å². The number of carbonyl (C=O) groups is 1. The Balaban J connectivity index is 1.19. The lowest BCUT2D eigenvalue weighted by Crippen LogP contribution is -2.49. The molecule has 0 unspecified atom stereocenters. The maximum atomic E-state index is 12.5. The minimum absolute atomic E-state index is 0.0689. The summed E-state index contributed by atoms with van der Waals surface area (Å²) in [7, 11) is 0. The van der Waals surface area contributed by atoms with Crippen molar-refractivity contribution in [1.82, 2.24) is 19.2 Å². The summed E-state index contributed by atoms with van der Waals surface area (Å²) in [6, 6.07) is 11.8. The molecular weight excluding hydrogens is 416 g/mol. The van der Waals surface area contributed by atoms with Crippen LogP contribution in [-0.4, -0.2) is 63.6 Å². The van der Waals surface area contributed by atoms with Crippen LogP contribution < -0.4 is 5.56 Å². The van der Waals surface area contributed by atoms with Gasteiger partial charge < -0.3 is 4.90 Å². The van der Waals surface area contributed by atoms with Crippen molar-refractivity contribution in [2.45, 2.75) is 5.75 Å². The summed E-state index contributed by atoms with van der Waals surface area (Å²) in [5.74, 6) is 1.15. The number of nitrogens with zero attached hydrogens (tertiary/aromatic N) is 4.